The minimum atomic E-state index is -1.52. The Kier molecular flexibility index (Phi) is 5.63. The Bertz CT molecular complexity index is 397. The van der Waals surface area contributed by atoms with E-state index >= 15 is 0 Å². The number of hydrogen-bond donors (Lipinski definition) is 4. The average Bonchev–Trinajstić information content (AvgIpc) is 2.36. The van der Waals surface area contributed by atoms with E-state index in [1.54, 1.807) is 0 Å². The van der Waals surface area contributed by atoms with Crippen LogP contribution in [0.3, 0.4) is 0 Å². The van der Waals surface area contributed by atoms with E-state index in [1.807, 2.05) is 0 Å². The molecule has 1 saturated heterocycles. The molecule has 0 aromatic rings. The Morgan fingerprint density at radius 2 is 1.85 bits per heavy atom. The van der Waals surface area contributed by atoms with Gasteiger partial charge in [-0.3, -0.25) is 4.79 Å². The number of carbonyl (C=O) groups is 2. The van der Waals surface area contributed by atoms with Crippen LogP contribution in [-0.4, -0.2) is 64.4 Å². The van der Waals surface area contributed by atoms with Crippen molar-refractivity contribution in [2.24, 2.45) is 0 Å². The third kappa shape index (κ3) is 4.01. The van der Waals surface area contributed by atoms with Crippen LogP contribution in [0.2, 0.25) is 0 Å². The molecule has 1 amide bonds. The second kappa shape index (κ2) is 6.80. The lowest BCUT2D eigenvalue weighted by Crippen LogP contribution is -2.64. The first-order valence-electron chi connectivity index (χ1n) is 6.03. The van der Waals surface area contributed by atoms with Gasteiger partial charge in [0.1, 0.15) is 31.0 Å². The zero-order valence-electron chi connectivity index (χ0n) is 11.3. The van der Waals surface area contributed by atoms with Crippen LogP contribution in [0.1, 0.15) is 13.8 Å². The summed E-state index contributed by atoms with van der Waals surface area (Å²) in [5.74, 6) is -1.16. The maximum absolute atomic E-state index is 11.2. The summed E-state index contributed by atoms with van der Waals surface area (Å²) in [6, 6.07) is -1.16. The van der Waals surface area contributed by atoms with Crippen LogP contribution in [0.5, 0.6) is 0 Å². The summed E-state index contributed by atoms with van der Waals surface area (Å²) in [6.07, 6.45) is -5.50. The molecule has 0 radical (unpaired) electrons. The summed E-state index contributed by atoms with van der Waals surface area (Å²) in [6.45, 7) is 5.69. The van der Waals surface area contributed by atoms with Crippen molar-refractivity contribution in [2.75, 3.05) is 6.61 Å². The topological polar surface area (TPSA) is 125 Å². The molecule has 8 nitrogen and oxygen atoms in total. The summed E-state index contributed by atoms with van der Waals surface area (Å²) >= 11 is 0. The lowest BCUT2D eigenvalue weighted by molar-refractivity contribution is -0.255. The molecule has 0 spiro atoms. The Balaban J connectivity index is 2.63. The summed E-state index contributed by atoms with van der Waals surface area (Å²) in [4.78, 5) is 22.2. The van der Waals surface area contributed by atoms with Gasteiger partial charge in [0.2, 0.25) is 5.91 Å². The minimum Gasteiger partial charge on any atom is -0.459 e. The van der Waals surface area contributed by atoms with Crippen molar-refractivity contribution in [3.8, 4) is 0 Å². The third-order valence-electron chi connectivity index (χ3n) is 2.82. The van der Waals surface area contributed by atoms with Crippen LogP contribution in [-0.2, 0) is 19.1 Å². The summed E-state index contributed by atoms with van der Waals surface area (Å²) in [5.41, 5.74) is 0.174. The first-order valence-corrected chi connectivity index (χ1v) is 6.03. The average molecular weight is 289 g/mol. The number of carbonyl (C=O) groups excluding carboxylic acids is 2. The van der Waals surface area contributed by atoms with Crippen molar-refractivity contribution in [1.29, 1.82) is 0 Å². The van der Waals surface area contributed by atoms with E-state index in [4.69, 9.17) is 9.47 Å². The Morgan fingerprint density at radius 1 is 1.25 bits per heavy atom. The Labute approximate surface area is 116 Å². The predicted molar refractivity (Wildman–Crippen MR) is 66.3 cm³/mol. The van der Waals surface area contributed by atoms with E-state index in [0.29, 0.717) is 0 Å². The number of hydrogen-bond acceptors (Lipinski definition) is 7. The van der Waals surface area contributed by atoms with Gasteiger partial charge in [-0.2, -0.15) is 0 Å². The fraction of sp³-hybridized carbons (Fsp3) is 0.667. The van der Waals surface area contributed by atoms with Gasteiger partial charge in [-0.1, -0.05) is 6.58 Å². The van der Waals surface area contributed by atoms with Gasteiger partial charge in [-0.05, 0) is 6.92 Å². The quantitative estimate of drug-likeness (QED) is 0.350. The number of aliphatic hydroxyl groups excluding tert-OH is 3. The van der Waals surface area contributed by atoms with E-state index in [2.05, 4.69) is 11.9 Å². The van der Waals surface area contributed by atoms with Crippen LogP contribution in [0.25, 0.3) is 0 Å². The lowest BCUT2D eigenvalue weighted by atomic mass is 9.97. The van der Waals surface area contributed by atoms with Crippen LogP contribution in [0.15, 0.2) is 12.2 Å². The van der Waals surface area contributed by atoms with Crippen molar-refractivity contribution in [2.45, 2.75) is 44.5 Å². The molecule has 1 heterocycles. The number of rotatable bonds is 4. The lowest BCUT2D eigenvalue weighted by Gasteiger charge is -2.40. The molecule has 0 aromatic carbocycles. The second-order valence-electron chi connectivity index (χ2n) is 4.65. The molecular formula is C12H19NO7. The molecule has 114 valence electrons. The molecule has 0 saturated carbocycles. The number of aliphatic hydroxyl groups is 3. The van der Waals surface area contributed by atoms with Gasteiger partial charge in [0.25, 0.3) is 0 Å². The minimum absolute atomic E-state index is 0.174. The van der Waals surface area contributed by atoms with Gasteiger partial charge in [-0.15, -0.1) is 0 Å². The Hall–Kier alpha value is -1.48. The third-order valence-corrected chi connectivity index (χ3v) is 2.82. The highest BCUT2D eigenvalue weighted by Gasteiger charge is 2.44. The Morgan fingerprint density at radius 3 is 2.35 bits per heavy atom. The van der Waals surface area contributed by atoms with Crippen LogP contribution >= 0.6 is 0 Å². The molecular weight excluding hydrogens is 270 g/mol. The molecule has 20 heavy (non-hydrogen) atoms. The van der Waals surface area contributed by atoms with E-state index in [-0.39, 0.29) is 12.2 Å². The van der Waals surface area contributed by atoms with Crippen LogP contribution in [0.4, 0.5) is 0 Å². The first kappa shape index (κ1) is 16.6. The van der Waals surface area contributed by atoms with Crippen molar-refractivity contribution >= 4 is 11.9 Å². The van der Waals surface area contributed by atoms with E-state index < -0.39 is 42.5 Å². The fourth-order valence-electron chi connectivity index (χ4n) is 1.76. The van der Waals surface area contributed by atoms with E-state index in [0.717, 1.165) is 0 Å². The van der Waals surface area contributed by atoms with Gasteiger partial charge in [0.15, 0.2) is 6.29 Å². The second-order valence-corrected chi connectivity index (χ2v) is 4.65. The standard InChI is InChI=1S/C12H19NO7/c1-5(2)11(17)19-4-7-9(15)10(16)8(12(18)20-7)13-6(3)14/h7-10,12,15-16,18H,1,4H2,2-3H3,(H,13,14)/t7?,8-,9+,10?,12+/m0/s1. The van der Waals surface area contributed by atoms with Crippen molar-refractivity contribution in [1.82, 2.24) is 5.32 Å². The molecule has 8 heteroatoms. The van der Waals surface area contributed by atoms with E-state index in [1.165, 1.54) is 13.8 Å². The first-order chi connectivity index (χ1) is 9.23. The normalized spacial score (nSPS) is 33.4. The molecule has 2 unspecified atom stereocenters. The molecule has 0 bridgehead atoms. The molecule has 1 fully saturated rings. The molecule has 5 atom stereocenters. The largest absolute Gasteiger partial charge is 0.459 e. The zero-order valence-corrected chi connectivity index (χ0v) is 11.3. The summed E-state index contributed by atoms with van der Waals surface area (Å²) in [7, 11) is 0. The molecule has 1 rings (SSSR count). The molecule has 4 N–H and O–H groups in total. The molecule has 0 aromatic heterocycles. The van der Waals surface area contributed by atoms with Gasteiger partial charge in [0.05, 0.1) is 0 Å². The summed E-state index contributed by atoms with van der Waals surface area (Å²) < 4.78 is 9.83. The highest BCUT2D eigenvalue weighted by molar-refractivity contribution is 5.86. The maximum Gasteiger partial charge on any atom is 0.333 e. The SMILES string of the molecule is C=C(C)C(=O)OCC1O[C@@H](O)[C@@H](NC(C)=O)C(O)[C@@H]1O. The predicted octanol–water partition coefficient (Wildman–Crippen LogP) is -1.95. The van der Waals surface area contributed by atoms with Gasteiger partial charge in [0, 0.05) is 12.5 Å². The van der Waals surface area contributed by atoms with Crippen molar-refractivity contribution < 1.29 is 34.4 Å². The molecule has 1 aliphatic heterocycles. The zero-order chi connectivity index (χ0) is 15.4. The van der Waals surface area contributed by atoms with Crippen LogP contribution < -0.4 is 5.32 Å². The monoisotopic (exact) mass is 289 g/mol. The fourth-order valence-corrected chi connectivity index (χ4v) is 1.76. The number of ether oxygens (including phenoxy) is 2. The number of esters is 1. The van der Waals surface area contributed by atoms with Gasteiger partial charge in [-0.25, -0.2) is 4.79 Å². The number of nitrogens with one attached hydrogen (secondary N) is 1. The van der Waals surface area contributed by atoms with Crippen molar-refractivity contribution in [3.63, 3.8) is 0 Å². The summed E-state index contributed by atoms with van der Waals surface area (Å²) in [5, 5.41) is 31.6. The highest BCUT2D eigenvalue weighted by atomic mass is 16.6. The number of amides is 1. The smallest absolute Gasteiger partial charge is 0.333 e. The maximum atomic E-state index is 11.2. The molecule has 1 aliphatic rings. The van der Waals surface area contributed by atoms with Gasteiger partial charge < -0.3 is 30.1 Å². The van der Waals surface area contributed by atoms with Crippen LogP contribution in [0, 0.1) is 0 Å². The highest BCUT2D eigenvalue weighted by Crippen LogP contribution is 2.20. The van der Waals surface area contributed by atoms with E-state index in [9.17, 15) is 24.9 Å². The molecule has 0 aliphatic carbocycles. The van der Waals surface area contributed by atoms with Crippen molar-refractivity contribution in [3.05, 3.63) is 12.2 Å². The van der Waals surface area contributed by atoms with Gasteiger partial charge >= 0.3 is 5.97 Å².